The van der Waals surface area contributed by atoms with Crippen LogP contribution >= 0.6 is 27.3 Å². The van der Waals surface area contributed by atoms with E-state index in [1.807, 2.05) is 18.2 Å². The van der Waals surface area contributed by atoms with Crippen LogP contribution in [0, 0.1) is 17.0 Å². The minimum Gasteiger partial charge on any atom is -0.302 e. The third-order valence-corrected chi connectivity index (χ3v) is 6.62. The molecule has 0 saturated heterocycles. The number of likely N-dealkylation sites (N-methyl/N-ethyl adjacent to an activating group) is 1. The molecule has 0 spiro atoms. The summed E-state index contributed by atoms with van der Waals surface area (Å²) in [7, 11) is 0. The van der Waals surface area contributed by atoms with E-state index in [1.165, 1.54) is 17.4 Å². The van der Waals surface area contributed by atoms with E-state index < -0.39 is 4.92 Å². The number of carbonyl (C=O) groups is 1. The zero-order chi connectivity index (χ0) is 21.8. The second-order valence-electron chi connectivity index (χ2n) is 6.80. The van der Waals surface area contributed by atoms with Gasteiger partial charge in [0.1, 0.15) is 0 Å². The van der Waals surface area contributed by atoms with Gasteiger partial charge in [0, 0.05) is 34.8 Å². The van der Waals surface area contributed by atoms with Crippen LogP contribution in [-0.4, -0.2) is 46.9 Å². The summed E-state index contributed by atoms with van der Waals surface area (Å²) in [5.41, 5.74) is 1.45. The first-order valence-electron chi connectivity index (χ1n) is 9.70. The Labute approximate surface area is 187 Å². The molecule has 0 saturated carbocycles. The Morgan fingerprint density at radius 3 is 2.60 bits per heavy atom. The van der Waals surface area contributed by atoms with Crippen molar-refractivity contribution in [3.8, 4) is 0 Å². The molecule has 0 aliphatic carbocycles. The van der Waals surface area contributed by atoms with Crippen molar-refractivity contribution in [2.45, 2.75) is 20.8 Å². The SMILES string of the molecule is CCN(CC)CCN(C(=O)c1cccc([N+](=O)[O-])c1C)c1nc2ccc(Br)cc2s1. The predicted octanol–water partition coefficient (Wildman–Crippen LogP) is 5.26. The van der Waals surface area contributed by atoms with Gasteiger partial charge in [0.05, 0.1) is 15.1 Å². The third kappa shape index (κ3) is 4.69. The van der Waals surface area contributed by atoms with Gasteiger partial charge >= 0.3 is 0 Å². The van der Waals surface area contributed by atoms with Crippen LogP contribution in [0.3, 0.4) is 0 Å². The zero-order valence-electron chi connectivity index (χ0n) is 17.1. The second-order valence-corrected chi connectivity index (χ2v) is 8.72. The Morgan fingerprint density at radius 1 is 1.20 bits per heavy atom. The van der Waals surface area contributed by atoms with Gasteiger partial charge in [-0.25, -0.2) is 4.98 Å². The van der Waals surface area contributed by atoms with Crippen molar-refractivity contribution in [1.29, 1.82) is 0 Å². The van der Waals surface area contributed by atoms with Crippen LogP contribution in [0.2, 0.25) is 0 Å². The summed E-state index contributed by atoms with van der Waals surface area (Å²) in [6.07, 6.45) is 0. The van der Waals surface area contributed by atoms with E-state index in [0.717, 1.165) is 27.8 Å². The maximum absolute atomic E-state index is 13.5. The lowest BCUT2D eigenvalue weighted by Crippen LogP contribution is -2.39. The number of nitrogens with zero attached hydrogens (tertiary/aromatic N) is 4. The molecule has 0 bridgehead atoms. The van der Waals surface area contributed by atoms with Crippen molar-refractivity contribution < 1.29 is 9.72 Å². The molecule has 0 N–H and O–H groups in total. The van der Waals surface area contributed by atoms with Crippen molar-refractivity contribution in [3.05, 3.63) is 62.1 Å². The highest BCUT2D eigenvalue weighted by atomic mass is 79.9. The average Bonchev–Trinajstić information content (AvgIpc) is 3.13. The number of aromatic nitrogens is 1. The number of hydrogen-bond acceptors (Lipinski definition) is 6. The Bertz CT molecular complexity index is 1080. The van der Waals surface area contributed by atoms with Crippen molar-refractivity contribution in [2.24, 2.45) is 0 Å². The number of hydrogen-bond donors (Lipinski definition) is 0. The first-order valence-corrected chi connectivity index (χ1v) is 11.3. The van der Waals surface area contributed by atoms with Gasteiger partial charge in [-0.05, 0) is 44.3 Å². The molecule has 1 heterocycles. The minimum atomic E-state index is -0.457. The van der Waals surface area contributed by atoms with Crippen molar-refractivity contribution >= 4 is 54.2 Å². The molecule has 0 aliphatic rings. The normalized spacial score (nSPS) is 11.2. The number of nitro groups is 1. The lowest BCUT2D eigenvalue weighted by Gasteiger charge is -2.25. The first kappa shape index (κ1) is 22.3. The summed E-state index contributed by atoms with van der Waals surface area (Å²) in [4.78, 5) is 32.9. The number of fused-ring (bicyclic) bond motifs is 1. The maximum Gasteiger partial charge on any atom is 0.273 e. The Kier molecular flexibility index (Phi) is 7.17. The van der Waals surface area contributed by atoms with Gasteiger partial charge in [0.15, 0.2) is 5.13 Å². The van der Waals surface area contributed by atoms with E-state index in [9.17, 15) is 14.9 Å². The molecule has 0 atom stereocenters. The van der Waals surface area contributed by atoms with E-state index >= 15 is 0 Å². The molecule has 0 radical (unpaired) electrons. The number of nitro benzene ring substituents is 1. The van der Waals surface area contributed by atoms with E-state index in [-0.39, 0.29) is 11.6 Å². The Morgan fingerprint density at radius 2 is 1.93 bits per heavy atom. The van der Waals surface area contributed by atoms with E-state index in [1.54, 1.807) is 24.0 Å². The predicted molar refractivity (Wildman–Crippen MR) is 125 cm³/mol. The molecule has 2 aromatic carbocycles. The van der Waals surface area contributed by atoms with Gasteiger partial charge in [-0.15, -0.1) is 0 Å². The molecule has 7 nitrogen and oxygen atoms in total. The van der Waals surface area contributed by atoms with Crippen molar-refractivity contribution in [1.82, 2.24) is 9.88 Å². The van der Waals surface area contributed by atoms with Crippen LogP contribution < -0.4 is 4.90 Å². The maximum atomic E-state index is 13.5. The highest BCUT2D eigenvalue weighted by molar-refractivity contribution is 9.10. The number of benzene rings is 2. The number of amides is 1. The first-order chi connectivity index (χ1) is 14.3. The van der Waals surface area contributed by atoms with Gasteiger partial charge in [-0.2, -0.15) is 0 Å². The van der Waals surface area contributed by atoms with Crippen molar-refractivity contribution in [2.75, 3.05) is 31.1 Å². The van der Waals surface area contributed by atoms with Gasteiger partial charge in [-0.1, -0.05) is 47.2 Å². The molecule has 1 aromatic heterocycles. The summed E-state index contributed by atoms with van der Waals surface area (Å²) >= 11 is 4.91. The van der Waals surface area contributed by atoms with Gasteiger partial charge in [0.2, 0.25) is 0 Å². The quantitative estimate of drug-likeness (QED) is 0.317. The number of thiazole rings is 1. The van der Waals surface area contributed by atoms with Crippen LogP contribution in [0.25, 0.3) is 10.2 Å². The smallest absolute Gasteiger partial charge is 0.273 e. The van der Waals surface area contributed by atoms with Crippen molar-refractivity contribution in [3.63, 3.8) is 0 Å². The topological polar surface area (TPSA) is 79.6 Å². The van der Waals surface area contributed by atoms with Crippen LogP contribution in [0.4, 0.5) is 10.8 Å². The van der Waals surface area contributed by atoms with E-state index in [4.69, 9.17) is 0 Å². The van der Waals surface area contributed by atoms with E-state index in [2.05, 4.69) is 39.7 Å². The molecule has 3 rings (SSSR count). The molecule has 0 fully saturated rings. The highest BCUT2D eigenvalue weighted by Gasteiger charge is 2.26. The second kappa shape index (κ2) is 9.63. The fraction of sp³-hybridized carbons (Fsp3) is 0.333. The standard InChI is InChI=1S/C21H23BrN4O3S/c1-4-24(5-2)11-12-25(21-23-17-10-9-15(22)13-19(17)30-21)20(27)16-7-6-8-18(14(16)3)26(28)29/h6-10,13H,4-5,11-12H2,1-3H3. The lowest BCUT2D eigenvalue weighted by molar-refractivity contribution is -0.385. The fourth-order valence-electron chi connectivity index (χ4n) is 3.27. The number of anilines is 1. The fourth-order valence-corrected chi connectivity index (χ4v) is 4.81. The summed E-state index contributed by atoms with van der Waals surface area (Å²) in [5, 5.41) is 11.9. The Balaban J connectivity index is 2.03. The molecule has 30 heavy (non-hydrogen) atoms. The summed E-state index contributed by atoms with van der Waals surface area (Å²) in [6, 6.07) is 10.4. The highest BCUT2D eigenvalue weighted by Crippen LogP contribution is 2.32. The van der Waals surface area contributed by atoms with Crippen LogP contribution in [0.5, 0.6) is 0 Å². The molecule has 1 amide bonds. The summed E-state index contributed by atoms with van der Waals surface area (Å²) < 4.78 is 1.91. The molecular formula is C21H23BrN4O3S. The number of carbonyl (C=O) groups excluding carboxylic acids is 1. The van der Waals surface area contributed by atoms with Gasteiger partial charge < -0.3 is 4.90 Å². The third-order valence-electron chi connectivity index (χ3n) is 5.08. The molecule has 0 aliphatic heterocycles. The summed E-state index contributed by atoms with van der Waals surface area (Å²) in [6.45, 7) is 8.66. The Hall–Kier alpha value is -2.36. The number of halogens is 1. The molecular weight excluding hydrogens is 468 g/mol. The average molecular weight is 491 g/mol. The number of rotatable bonds is 8. The van der Waals surface area contributed by atoms with Gasteiger partial charge in [0.25, 0.3) is 11.6 Å². The molecule has 3 aromatic rings. The van der Waals surface area contributed by atoms with Gasteiger partial charge in [-0.3, -0.25) is 19.8 Å². The molecule has 9 heteroatoms. The van der Waals surface area contributed by atoms with Crippen LogP contribution in [0.1, 0.15) is 29.8 Å². The summed E-state index contributed by atoms with van der Waals surface area (Å²) in [5.74, 6) is -0.276. The van der Waals surface area contributed by atoms with Crippen LogP contribution in [-0.2, 0) is 0 Å². The molecule has 0 unspecified atom stereocenters. The van der Waals surface area contributed by atoms with E-state index in [0.29, 0.717) is 29.3 Å². The monoisotopic (exact) mass is 490 g/mol. The zero-order valence-corrected chi connectivity index (χ0v) is 19.5. The largest absolute Gasteiger partial charge is 0.302 e. The minimum absolute atomic E-state index is 0.0576. The van der Waals surface area contributed by atoms with Crippen LogP contribution in [0.15, 0.2) is 40.9 Å². The lowest BCUT2D eigenvalue weighted by atomic mass is 10.1. The molecule has 158 valence electrons.